The maximum absolute atomic E-state index is 14.0. The summed E-state index contributed by atoms with van der Waals surface area (Å²) in [6.07, 6.45) is -6.61. The number of nitrogens with two attached hydrogens (primary N) is 1. The molecule has 50 heavy (non-hydrogen) atoms. The molecule has 4 N–H and O–H groups in total. The Morgan fingerprint density at radius 1 is 0.860 bits per heavy atom. The third-order valence-corrected chi connectivity index (χ3v) is 11.6. The van der Waals surface area contributed by atoms with Gasteiger partial charge in [0.1, 0.15) is 0 Å². The number of anilines is 2. The lowest BCUT2D eigenvalue weighted by Gasteiger charge is -2.41. The van der Waals surface area contributed by atoms with Crippen LogP contribution in [0.5, 0.6) is 0 Å². The number of alkyl halides is 6. The topological polar surface area (TPSA) is 111 Å². The van der Waals surface area contributed by atoms with Crippen molar-refractivity contribution in [3.8, 4) is 0 Å². The number of hydrogen-bond acceptors (Lipinski definition) is 6. The minimum atomic E-state index is -5.16. The largest absolute Gasteiger partial charge is 0.418 e. The van der Waals surface area contributed by atoms with Crippen molar-refractivity contribution in [2.45, 2.75) is 76.3 Å². The molecule has 16 heteroatoms. The Bertz CT molecular complexity index is 1520. The molecule has 1 aromatic carbocycles. The first-order chi connectivity index (χ1) is 23.7. The van der Waals surface area contributed by atoms with E-state index >= 15 is 0 Å². The number of carbonyl (C=O) groups is 3. The molecule has 0 aliphatic carbocycles. The summed E-state index contributed by atoms with van der Waals surface area (Å²) in [5, 5.41) is 10.1. The van der Waals surface area contributed by atoms with Crippen LogP contribution >= 0.6 is 11.3 Å². The highest BCUT2D eigenvalue weighted by atomic mass is 32.1. The van der Waals surface area contributed by atoms with Crippen LogP contribution in [0.4, 0.5) is 42.5 Å². The first kappa shape index (κ1) is 36.3. The lowest BCUT2D eigenvalue weighted by molar-refractivity contribution is -0.143. The van der Waals surface area contributed by atoms with Gasteiger partial charge in [-0.3, -0.25) is 9.59 Å². The summed E-state index contributed by atoms with van der Waals surface area (Å²) < 4.78 is 83.2. The third kappa shape index (κ3) is 8.00. The summed E-state index contributed by atoms with van der Waals surface area (Å²) in [7, 11) is 0. The van der Waals surface area contributed by atoms with Gasteiger partial charge in [-0.25, -0.2) is 4.79 Å². The van der Waals surface area contributed by atoms with Crippen molar-refractivity contribution in [3.05, 3.63) is 45.1 Å². The molecule has 2 aromatic rings. The number of nitrogens with zero attached hydrogens (tertiary/aromatic N) is 3. The average Bonchev–Trinajstić information content (AvgIpc) is 3.54. The van der Waals surface area contributed by atoms with Crippen LogP contribution in [-0.4, -0.2) is 77.9 Å². The number of likely N-dealkylation sites (tertiary alicyclic amines) is 2. The number of halogens is 6. The molecule has 4 aliphatic rings. The molecule has 3 fully saturated rings. The van der Waals surface area contributed by atoms with E-state index in [4.69, 9.17) is 5.73 Å². The van der Waals surface area contributed by atoms with Crippen molar-refractivity contribution in [3.63, 3.8) is 0 Å². The summed E-state index contributed by atoms with van der Waals surface area (Å²) in [4.78, 5) is 45.4. The predicted octanol–water partition coefficient (Wildman–Crippen LogP) is 6.19. The zero-order chi connectivity index (χ0) is 35.8. The highest BCUT2D eigenvalue weighted by Gasteiger charge is 2.42. The van der Waals surface area contributed by atoms with Crippen molar-refractivity contribution in [2.24, 2.45) is 17.8 Å². The van der Waals surface area contributed by atoms with E-state index in [-0.39, 0.29) is 24.1 Å². The molecule has 5 heterocycles. The quantitative estimate of drug-likeness (QED) is 0.233. The lowest BCUT2D eigenvalue weighted by atomic mass is 9.79. The zero-order valence-electron chi connectivity index (χ0n) is 27.5. The fourth-order valence-electron chi connectivity index (χ4n) is 8.06. The molecular formula is C34H42F6N6O3S. The second-order valence-electron chi connectivity index (χ2n) is 13.9. The van der Waals surface area contributed by atoms with Gasteiger partial charge in [0.05, 0.1) is 35.0 Å². The standard InChI is InChI=1S/C34H42F6N6O3S/c35-33(36,37)26-14-20(15-27(30(26)41)34(38,39)40)13-23(31(48)45-9-3-22(4-10-45)21-1-7-42-8-2-21)16-29(47)44-11-5-25(6-12-44)46-17-24-18-50-19-28(24)43-32(46)49/h14-15,18-19,21-23,25,42H,1-13,16-17,41H2,(H,43,49)/t23-/m0/s1. The van der Waals surface area contributed by atoms with Crippen LogP contribution in [0, 0.1) is 17.8 Å². The number of piperidine rings is 3. The van der Waals surface area contributed by atoms with Gasteiger partial charge >= 0.3 is 18.4 Å². The minimum Gasteiger partial charge on any atom is -0.398 e. The molecule has 1 aromatic heterocycles. The van der Waals surface area contributed by atoms with E-state index in [1.165, 1.54) is 11.3 Å². The van der Waals surface area contributed by atoms with Crippen molar-refractivity contribution >= 4 is 40.6 Å². The van der Waals surface area contributed by atoms with Gasteiger partial charge < -0.3 is 31.1 Å². The maximum Gasteiger partial charge on any atom is 0.418 e. The monoisotopic (exact) mass is 728 g/mol. The van der Waals surface area contributed by atoms with Gasteiger partial charge in [-0.2, -0.15) is 26.3 Å². The van der Waals surface area contributed by atoms with E-state index in [9.17, 15) is 40.7 Å². The third-order valence-electron chi connectivity index (χ3n) is 10.8. The number of nitrogen functional groups attached to an aromatic ring is 1. The van der Waals surface area contributed by atoms with Gasteiger partial charge in [-0.15, -0.1) is 11.3 Å². The van der Waals surface area contributed by atoms with Crippen molar-refractivity contribution < 1.29 is 40.7 Å². The van der Waals surface area contributed by atoms with Gasteiger partial charge in [0.15, 0.2) is 0 Å². The summed E-state index contributed by atoms with van der Waals surface area (Å²) in [6.45, 7) is 3.75. The fourth-order valence-corrected chi connectivity index (χ4v) is 8.84. The predicted molar refractivity (Wildman–Crippen MR) is 176 cm³/mol. The minimum absolute atomic E-state index is 0.123. The smallest absolute Gasteiger partial charge is 0.398 e. The Balaban J connectivity index is 1.18. The van der Waals surface area contributed by atoms with Gasteiger partial charge in [0, 0.05) is 49.6 Å². The van der Waals surface area contributed by atoms with Gasteiger partial charge in [0.25, 0.3) is 0 Å². The molecule has 1 atom stereocenters. The van der Waals surface area contributed by atoms with E-state index in [0.717, 1.165) is 50.0 Å². The molecule has 4 aliphatic heterocycles. The van der Waals surface area contributed by atoms with E-state index in [2.05, 4.69) is 10.6 Å². The Kier molecular flexibility index (Phi) is 10.6. The van der Waals surface area contributed by atoms with E-state index in [1.54, 1.807) is 14.7 Å². The number of rotatable bonds is 7. The van der Waals surface area contributed by atoms with Crippen LogP contribution in [0.25, 0.3) is 0 Å². The summed E-state index contributed by atoms with van der Waals surface area (Å²) in [6, 6.07) is 0.789. The average molecular weight is 729 g/mol. The number of carbonyl (C=O) groups excluding carboxylic acids is 3. The molecule has 4 amide bonds. The van der Waals surface area contributed by atoms with Crippen LogP contribution in [-0.2, 0) is 34.9 Å². The van der Waals surface area contributed by atoms with Crippen LogP contribution in [0.2, 0.25) is 0 Å². The maximum atomic E-state index is 14.0. The second kappa shape index (κ2) is 14.6. The molecule has 0 radical (unpaired) electrons. The van der Waals surface area contributed by atoms with Crippen LogP contribution in [0.1, 0.15) is 67.2 Å². The molecule has 3 saturated heterocycles. The summed E-state index contributed by atoms with van der Waals surface area (Å²) in [5.41, 5.74) is 2.14. The Morgan fingerprint density at radius 2 is 1.44 bits per heavy atom. The van der Waals surface area contributed by atoms with E-state index < -0.39 is 53.3 Å². The van der Waals surface area contributed by atoms with Gasteiger partial charge in [-0.1, -0.05) is 0 Å². The van der Waals surface area contributed by atoms with Crippen molar-refractivity contribution in [1.29, 1.82) is 0 Å². The molecule has 0 saturated carbocycles. The van der Waals surface area contributed by atoms with Crippen molar-refractivity contribution in [2.75, 3.05) is 50.3 Å². The van der Waals surface area contributed by atoms with Crippen LogP contribution in [0.3, 0.4) is 0 Å². The fraction of sp³-hybridized carbons (Fsp3) is 0.618. The van der Waals surface area contributed by atoms with Crippen LogP contribution in [0.15, 0.2) is 22.9 Å². The number of amides is 4. The zero-order valence-corrected chi connectivity index (χ0v) is 28.4. The molecule has 274 valence electrons. The van der Waals surface area contributed by atoms with Gasteiger partial charge in [0.2, 0.25) is 11.8 Å². The Labute approximate surface area is 290 Å². The highest BCUT2D eigenvalue weighted by Crippen LogP contribution is 2.43. The van der Waals surface area contributed by atoms with Crippen molar-refractivity contribution in [1.82, 2.24) is 20.0 Å². The Hall–Kier alpha value is -3.53. The second-order valence-corrected chi connectivity index (χ2v) is 14.7. The molecule has 0 bridgehead atoms. The number of fused-ring (bicyclic) bond motifs is 1. The number of thiophene rings is 1. The van der Waals surface area contributed by atoms with E-state index in [0.29, 0.717) is 69.5 Å². The summed E-state index contributed by atoms with van der Waals surface area (Å²) in [5.74, 6) is -1.07. The molecule has 9 nitrogen and oxygen atoms in total. The highest BCUT2D eigenvalue weighted by molar-refractivity contribution is 7.08. The lowest BCUT2D eigenvalue weighted by Crippen LogP contribution is -2.51. The number of hydrogen-bond donors (Lipinski definition) is 3. The molecular weight excluding hydrogens is 686 g/mol. The Morgan fingerprint density at radius 3 is 2.04 bits per heavy atom. The first-order valence-corrected chi connectivity index (χ1v) is 18.1. The first-order valence-electron chi connectivity index (χ1n) is 17.2. The molecule has 0 unspecified atom stereocenters. The SMILES string of the molecule is Nc1c(C(F)(F)F)cc(C[C@@H](CC(=O)N2CCC(N3Cc4cscc4NC3=O)CC2)C(=O)N2CCC(C3CCNCC3)CC2)cc1C(F)(F)F. The number of nitrogens with one attached hydrogen (secondary N) is 2. The van der Waals surface area contributed by atoms with Crippen LogP contribution < -0.4 is 16.4 Å². The summed E-state index contributed by atoms with van der Waals surface area (Å²) >= 11 is 1.49. The number of urea groups is 1. The number of benzene rings is 1. The normalized spacial score (nSPS) is 20.8. The van der Waals surface area contributed by atoms with Gasteiger partial charge in [-0.05, 0) is 92.9 Å². The molecule has 0 spiro atoms. The molecule has 6 rings (SSSR count). The van der Waals surface area contributed by atoms with E-state index in [1.807, 2.05) is 10.8 Å².